The number of carbonyl (C=O) groups excluding carboxylic acids is 2. The van der Waals surface area contributed by atoms with E-state index in [0.717, 1.165) is 42.6 Å². The van der Waals surface area contributed by atoms with Crippen LogP contribution in [0, 0.1) is 12.8 Å². The molecule has 0 spiro atoms. The molecule has 0 radical (unpaired) electrons. The molecule has 1 fully saturated rings. The van der Waals surface area contributed by atoms with Gasteiger partial charge in [-0.05, 0) is 73.4 Å². The van der Waals surface area contributed by atoms with Gasteiger partial charge < -0.3 is 19.3 Å². The van der Waals surface area contributed by atoms with Gasteiger partial charge >= 0.3 is 0 Å². The van der Waals surface area contributed by atoms with Crippen molar-refractivity contribution in [3.05, 3.63) is 50.7 Å². The second-order valence-corrected chi connectivity index (χ2v) is 10.2. The highest BCUT2D eigenvalue weighted by molar-refractivity contribution is 7.10. The molecule has 4 rings (SSSR count). The maximum Gasteiger partial charge on any atom is 0.242 e. The number of methoxy groups -OCH3 is 1. The lowest BCUT2D eigenvalue weighted by Crippen LogP contribution is -2.48. The van der Waals surface area contributed by atoms with Crippen LogP contribution in [0.5, 0.6) is 5.75 Å². The zero-order valence-corrected chi connectivity index (χ0v) is 20.8. The van der Waals surface area contributed by atoms with E-state index < -0.39 is 0 Å². The number of thiophene rings is 1. The van der Waals surface area contributed by atoms with Gasteiger partial charge in [-0.3, -0.25) is 9.59 Å². The third-order valence-electron chi connectivity index (χ3n) is 6.29. The summed E-state index contributed by atoms with van der Waals surface area (Å²) in [5, 5.41) is 2.78. The SMILES string of the molecule is COCCCN(CC(=O)N1CCc2sccc2[C@@H]1COc1ccc(Cl)c(C)c1)C(=O)C1CC1. The van der Waals surface area contributed by atoms with Crippen molar-refractivity contribution in [2.24, 2.45) is 5.92 Å². The van der Waals surface area contributed by atoms with E-state index in [1.807, 2.05) is 30.0 Å². The number of carbonyl (C=O) groups is 2. The molecule has 1 aromatic heterocycles. The van der Waals surface area contributed by atoms with Gasteiger partial charge in [0, 0.05) is 42.6 Å². The fourth-order valence-electron chi connectivity index (χ4n) is 4.27. The van der Waals surface area contributed by atoms with Gasteiger partial charge in [0.05, 0.1) is 12.6 Å². The predicted molar refractivity (Wildman–Crippen MR) is 130 cm³/mol. The van der Waals surface area contributed by atoms with Gasteiger partial charge in [-0.25, -0.2) is 0 Å². The summed E-state index contributed by atoms with van der Waals surface area (Å²) >= 11 is 7.87. The first-order valence-corrected chi connectivity index (χ1v) is 12.8. The minimum atomic E-state index is -0.180. The Morgan fingerprint density at radius 3 is 2.82 bits per heavy atom. The Balaban J connectivity index is 1.47. The van der Waals surface area contributed by atoms with Gasteiger partial charge in [0.15, 0.2) is 0 Å². The summed E-state index contributed by atoms with van der Waals surface area (Å²) in [6, 6.07) is 7.50. The van der Waals surface area contributed by atoms with Gasteiger partial charge in [-0.1, -0.05) is 11.6 Å². The molecular formula is C25H31ClN2O4S. The van der Waals surface area contributed by atoms with Crippen LogP contribution in [0.3, 0.4) is 0 Å². The van der Waals surface area contributed by atoms with Crippen LogP contribution in [0.1, 0.15) is 41.3 Å². The van der Waals surface area contributed by atoms with E-state index in [9.17, 15) is 9.59 Å². The molecule has 0 unspecified atom stereocenters. The lowest BCUT2D eigenvalue weighted by atomic mass is 10.0. The number of ether oxygens (including phenoxy) is 2. The Morgan fingerprint density at radius 2 is 2.09 bits per heavy atom. The van der Waals surface area contributed by atoms with Crippen LogP contribution in [0.4, 0.5) is 0 Å². The summed E-state index contributed by atoms with van der Waals surface area (Å²) in [6.07, 6.45) is 3.40. The summed E-state index contributed by atoms with van der Waals surface area (Å²) in [6.45, 7) is 4.15. The first-order chi connectivity index (χ1) is 16.0. The van der Waals surface area contributed by atoms with E-state index in [-0.39, 0.29) is 30.3 Å². The number of fused-ring (bicyclic) bond motifs is 1. The van der Waals surface area contributed by atoms with Crippen molar-refractivity contribution < 1.29 is 19.1 Å². The largest absolute Gasteiger partial charge is 0.491 e. The average molecular weight is 491 g/mol. The van der Waals surface area contributed by atoms with Crippen molar-refractivity contribution >= 4 is 34.8 Å². The standard InChI is InChI=1S/C25H31ClN2O4S/c1-17-14-19(6-7-21(17)26)32-16-22-20-9-13-33-23(20)8-11-28(22)24(29)15-27(10-3-12-31-2)25(30)18-4-5-18/h6-7,9,13-14,18,22H,3-5,8,10-12,15-16H2,1-2H3/t22-/m0/s1. The van der Waals surface area contributed by atoms with E-state index >= 15 is 0 Å². The van der Waals surface area contributed by atoms with Gasteiger partial charge in [-0.15, -0.1) is 11.3 Å². The number of hydrogen-bond acceptors (Lipinski definition) is 5. The van der Waals surface area contributed by atoms with E-state index in [1.165, 1.54) is 4.88 Å². The smallest absolute Gasteiger partial charge is 0.242 e. The maximum absolute atomic E-state index is 13.5. The molecule has 0 N–H and O–H groups in total. The molecule has 1 aliphatic heterocycles. The fraction of sp³-hybridized carbons (Fsp3) is 0.520. The third-order valence-corrected chi connectivity index (χ3v) is 7.71. The van der Waals surface area contributed by atoms with Gasteiger partial charge in [0.1, 0.15) is 12.4 Å². The Kier molecular flexibility index (Phi) is 7.94. The van der Waals surface area contributed by atoms with E-state index in [2.05, 4.69) is 11.4 Å². The number of hydrogen-bond donors (Lipinski definition) is 0. The Labute approximate surface area is 204 Å². The number of halogens is 1. The summed E-state index contributed by atoms with van der Waals surface area (Å²) in [5.74, 6) is 0.880. The van der Waals surface area contributed by atoms with Crippen LogP contribution < -0.4 is 4.74 Å². The normalized spacial score (nSPS) is 17.5. The van der Waals surface area contributed by atoms with Gasteiger partial charge in [0.2, 0.25) is 11.8 Å². The van der Waals surface area contributed by atoms with Crippen molar-refractivity contribution in [2.75, 3.05) is 40.0 Å². The van der Waals surface area contributed by atoms with Gasteiger partial charge in [-0.2, -0.15) is 0 Å². The van der Waals surface area contributed by atoms with E-state index in [0.29, 0.717) is 31.3 Å². The molecule has 33 heavy (non-hydrogen) atoms. The number of amides is 2. The lowest BCUT2D eigenvalue weighted by molar-refractivity contribution is -0.143. The fourth-order valence-corrected chi connectivity index (χ4v) is 5.31. The van der Waals surface area contributed by atoms with Crippen LogP contribution in [-0.2, 0) is 20.7 Å². The van der Waals surface area contributed by atoms with Crippen molar-refractivity contribution in [1.82, 2.24) is 9.80 Å². The molecule has 0 bridgehead atoms. The predicted octanol–water partition coefficient (Wildman–Crippen LogP) is 4.49. The first kappa shape index (κ1) is 24.0. The van der Waals surface area contributed by atoms with E-state index in [1.54, 1.807) is 23.3 Å². The number of rotatable bonds is 10. The monoisotopic (exact) mass is 490 g/mol. The molecular weight excluding hydrogens is 460 g/mol. The third kappa shape index (κ3) is 5.89. The highest BCUT2D eigenvalue weighted by atomic mass is 35.5. The van der Waals surface area contributed by atoms with Crippen molar-refractivity contribution in [3.8, 4) is 5.75 Å². The molecule has 8 heteroatoms. The molecule has 6 nitrogen and oxygen atoms in total. The molecule has 1 aromatic carbocycles. The molecule has 2 aromatic rings. The maximum atomic E-state index is 13.5. The Morgan fingerprint density at radius 1 is 1.27 bits per heavy atom. The summed E-state index contributed by atoms with van der Waals surface area (Å²) < 4.78 is 11.3. The zero-order valence-electron chi connectivity index (χ0n) is 19.2. The molecule has 178 valence electrons. The topological polar surface area (TPSA) is 59.1 Å². The summed E-state index contributed by atoms with van der Waals surface area (Å²) in [5.41, 5.74) is 2.09. The number of aryl methyl sites for hydroxylation is 1. The van der Waals surface area contributed by atoms with Crippen molar-refractivity contribution in [3.63, 3.8) is 0 Å². The Hall–Kier alpha value is -2.09. The number of nitrogens with zero attached hydrogens (tertiary/aromatic N) is 2. The van der Waals surface area contributed by atoms with Crippen LogP contribution in [0.25, 0.3) is 0 Å². The van der Waals surface area contributed by atoms with Crippen LogP contribution in [0.15, 0.2) is 29.6 Å². The molecule has 1 atom stereocenters. The highest BCUT2D eigenvalue weighted by Crippen LogP contribution is 2.35. The van der Waals surface area contributed by atoms with Gasteiger partial charge in [0.25, 0.3) is 0 Å². The average Bonchev–Trinajstić information content (AvgIpc) is 3.55. The molecule has 0 saturated heterocycles. The van der Waals surface area contributed by atoms with Crippen molar-refractivity contribution in [2.45, 2.75) is 38.6 Å². The number of benzene rings is 1. The molecule has 2 heterocycles. The minimum Gasteiger partial charge on any atom is -0.491 e. The first-order valence-electron chi connectivity index (χ1n) is 11.5. The molecule has 1 saturated carbocycles. The van der Waals surface area contributed by atoms with E-state index in [4.69, 9.17) is 21.1 Å². The zero-order chi connectivity index (χ0) is 23.4. The summed E-state index contributed by atoms with van der Waals surface area (Å²) in [7, 11) is 1.65. The quantitative estimate of drug-likeness (QED) is 0.460. The second kappa shape index (κ2) is 10.9. The molecule has 2 amide bonds. The molecule has 2 aliphatic rings. The Bertz CT molecular complexity index is 991. The minimum absolute atomic E-state index is 0.0286. The second-order valence-electron chi connectivity index (χ2n) is 8.75. The molecule has 1 aliphatic carbocycles. The van der Waals surface area contributed by atoms with Crippen LogP contribution >= 0.6 is 22.9 Å². The highest BCUT2D eigenvalue weighted by Gasteiger charge is 2.37. The summed E-state index contributed by atoms with van der Waals surface area (Å²) in [4.78, 5) is 31.2. The van der Waals surface area contributed by atoms with Crippen molar-refractivity contribution in [1.29, 1.82) is 0 Å². The van der Waals surface area contributed by atoms with Crippen LogP contribution in [0.2, 0.25) is 5.02 Å². The lowest BCUT2D eigenvalue weighted by Gasteiger charge is -2.37. The van der Waals surface area contributed by atoms with Crippen LogP contribution in [-0.4, -0.2) is 61.6 Å².